The predicted molar refractivity (Wildman–Crippen MR) is 136 cm³/mol. The van der Waals surface area contributed by atoms with E-state index in [0.29, 0.717) is 12.8 Å². The van der Waals surface area contributed by atoms with Crippen LogP contribution in [0.15, 0.2) is 34.8 Å². The molecule has 2 rings (SSSR count). The fourth-order valence-corrected chi connectivity index (χ4v) is 4.66. The zero-order chi connectivity index (χ0) is 25.6. The van der Waals surface area contributed by atoms with Gasteiger partial charge in [-0.1, -0.05) is 51.5 Å². The van der Waals surface area contributed by atoms with Crippen LogP contribution < -0.4 is 0 Å². The highest BCUT2D eigenvalue weighted by molar-refractivity contribution is 7.09. The summed E-state index contributed by atoms with van der Waals surface area (Å²) in [6, 6.07) is 0. The first-order valence-electron chi connectivity index (χ1n) is 11.9. The van der Waals surface area contributed by atoms with Crippen molar-refractivity contribution in [3.05, 3.63) is 45.5 Å². The molecule has 0 fully saturated rings. The van der Waals surface area contributed by atoms with Gasteiger partial charge >= 0.3 is 5.97 Å². The molecular formula is C27H39NO5S. The van der Waals surface area contributed by atoms with Crippen LogP contribution in [0.1, 0.15) is 71.5 Å². The third-order valence-corrected chi connectivity index (χ3v) is 7.47. The second kappa shape index (κ2) is 12.0. The first kappa shape index (κ1) is 28.1. The predicted octanol–water partition coefficient (Wildman–Crippen LogP) is 5.04. The summed E-state index contributed by atoms with van der Waals surface area (Å²) in [6.07, 6.45) is 6.09. The molecule has 1 aliphatic heterocycles. The van der Waals surface area contributed by atoms with E-state index >= 15 is 0 Å². The van der Waals surface area contributed by atoms with E-state index in [4.69, 9.17) is 4.74 Å². The van der Waals surface area contributed by atoms with Gasteiger partial charge in [-0.2, -0.15) is 0 Å². The molecule has 2 N–H and O–H groups in total. The average molecular weight is 490 g/mol. The molecule has 0 bridgehead atoms. The van der Waals surface area contributed by atoms with E-state index in [2.05, 4.69) is 4.98 Å². The van der Waals surface area contributed by atoms with Crippen molar-refractivity contribution in [1.82, 2.24) is 4.98 Å². The summed E-state index contributed by atoms with van der Waals surface area (Å²) in [5.41, 5.74) is 1.47. The number of Topliss-reactive ketones (excluding diaryl/α,β-unsaturated/α-hetero) is 1. The lowest BCUT2D eigenvalue weighted by Gasteiger charge is -2.34. The molecule has 0 saturated heterocycles. The Morgan fingerprint density at radius 1 is 1.21 bits per heavy atom. The second-order valence-electron chi connectivity index (χ2n) is 10.0. The number of carbonyl (C=O) groups is 2. The maximum Gasteiger partial charge on any atom is 0.309 e. The van der Waals surface area contributed by atoms with Crippen LogP contribution in [-0.2, 0) is 14.3 Å². The van der Waals surface area contributed by atoms with E-state index in [1.54, 1.807) is 32.1 Å². The molecule has 7 heteroatoms. The monoisotopic (exact) mass is 489 g/mol. The van der Waals surface area contributed by atoms with Crippen molar-refractivity contribution in [1.29, 1.82) is 0 Å². The number of allylic oxidation sites excluding steroid dienone is 3. The van der Waals surface area contributed by atoms with E-state index < -0.39 is 35.6 Å². The highest BCUT2D eigenvalue weighted by atomic mass is 32.1. The largest absolute Gasteiger partial charge is 0.457 e. The van der Waals surface area contributed by atoms with Gasteiger partial charge in [0.1, 0.15) is 11.9 Å². The molecule has 1 aromatic rings. The van der Waals surface area contributed by atoms with E-state index in [1.807, 2.05) is 57.4 Å². The highest BCUT2D eigenvalue weighted by Crippen LogP contribution is 2.32. The summed E-state index contributed by atoms with van der Waals surface area (Å²) in [5, 5.41) is 24.5. The van der Waals surface area contributed by atoms with E-state index in [9.17, 15) is 19.8 Å². The number of cyclic esters (lactones) is 1. The number of aliphatic hydroxyl groups is 2. The van der Waals surface area contributed by atoms with Crippen molar-refractivity contribution in [3.8, 4) is 0 Å². The van der Waals surface area contributed by atoms with Gasteiger partial charge in [-0.15, -0.1) is 11.3 Å². The van der Waals surface area contributed by atoms with Crippen molar-refractivity contribution in [3.63, 3.8) is 0 Å². The number of ether oxygens (including phenoxy) is 1. The van der Waals surface area contributed by atoms with Crippen LogP contribution in [0.2, 0.25) is 0 Å². The van der Waals surface area contributed by atoms with Gasteiger partial charge in [-0.25, -0.2) is 4.98 Å². The number of thiazole rings is 1. The first-order valence-corrected chi connectivity index (χ1v) is 12.7. The van der Waals surface area contributed by atoms with Gasteiger partial charge in [0.2, 0.25) is 0 Å². The van der Waals surface area contributed by atoms with Crippen LogP contribution in [0.3, 0.4) is 0 Å². The molecule has 0 radical (unpaired) electrons. The van der Waals surface area contributed by atoms with E-state index in [1.165, 1.54) is 0 Å². The maximum atomic E-state index is 13.1. The Labute approximate surface area is 207 Å². The smallest absolute Gasteiger partial charge is 0.309 e. The second-order valence-corrected chi connectivity index (χ2v) is 11.1. The molecule has 188 valence electrons. The molecule has 6 nitrogen and oxygen atoms in total. The Kier molecular flexibility index (Phi) is 9.97. The fraction of sp³-hybridized carbons (Fsp3) is 0.593. The number of aryl methyl sites for hydroxylation is 1. The Hall–Kier alpha value is -2.09. The van der Waals surface area contributed by atoms with Crippen molar-refractivity contribution in [2.75, 3.05) is 0 Å². The SMILES string of the molecule is CC1=CC[C@@H](C(C)=Cc2csc(C)n2)OC(=O)C[C@H](O)C(C)(C)C(=O)[C@H](C)[C@@H](O)[C@@H](C)CC=C1. The summed E-state index contributed by atoms with van der Waals surface area (Å²) in [5.74, 6) is -1.65. The van der Waals surface area contributed by atoms with Gasteiger partial charge in [0.25, 0.3) is 0 Å². The number of rotatable bonds is 2. The lowest BCUT2D eigenvalue weighted by Crippen LogP contribution is -2.45. The number of carbonyl (C=O) groups excluding carboxylic acids is 2. The van der Waals surface area contributed by atoms with Gasteiger partial charge in [0, 0.05) is 17.7 Å². The molecule has 34 heavy (non-hydrogen) atoms. The fourth-order valence-electron chi connectivity index (χ4n) is 4.09. The molecule has 0 aliphatic carbocycles. The molecule has 1 aromatic heterocycles. The number of aliphatic hydroxyl groups excluding tert-OH is 2. The van der Waals surface area contributed by atoms with Gasteiger partial charge < -0.3 is 14.9 Å². The van der Waals surface area contributed by atoms with Crippen LogP contribution in [0.25, 0.3) is 6.08 Å². The quantitative estimate of drug-likeness (QED) is 0.565. The number of aromatic nitrogens is 1. The van der Waals surface area contributed by atoms with Gasteiger partial charge in [0.05, 0.1) is 34.7 Å². The van der Waals surface area contributed by atoms with Crippen LogP contribution in [-0.4, -0.2) is 45.3 Å². The van der Waals surface area contributed by atoms with E-state index in [0.717, 1.165) is 21.8 Å². The standard InChI is InChI=1S/C27H39NO5S/c1-16-9-8-10-17(2)25(31)19(4)26(32)27(6,7)23(29)14-24(30)33-22(12-11-16)18(3)13-21-15-34-20(5)28-21/h8-9,11,13,15,17,19,22-23,25,29,31H,10,12,14H2,1-7H3/t17-,19+,22-,23-,25-/m0/s1. The van der Waals surface area contributed by atoms with Crippen LogP contribution >= 0.6 is 11.3 Å². The summed E-state index contributed by atoms with van der Waals surface area (Å²) in [6.45, 7) is 12.6. The molecule has 1 aliphatic rings. The third kappa shape index (κ3) is 7.45. The number of ketones is 1. The van der Waals surface area contributed by atoms with Gasteiger partial charge in [-0.05, 0) is 44.8 Å². The third-order valence-electron chi connectivity index (χ3n) is 6.67. The van der Waals surface area contributed by atoms with Crippen LogP contribution in [0, 0.1) is 24.2 Å². The minimum absolute atomic E-state index is 0.131. The molecule has 0 unspecified atom stereocenters. The Morgan fingerprint density at radius 2 is 1.88 bits per heavy atom. The number of nitrogens with zero attached hydrogens (tertiary/aromatic N) is 1. The zero-order valence-electron chi connectivity index (χ0n) is 21.4. The number of hydrogen-bond donors (Lipinski definition) is 2. The average Bonchev–Trinajstić information content (AvgIpc) is 3.18. The summed E-state index contributed by atoms with van der Waals surface area (Å²) < 4.78 is 5.78. The topological polar surface area (TPSA) is 96.7 Å². The Balaban J connectivity index is 2.38. The lowest BCUT2D eigenvalue weighted by molar-refractivity contribution is -0.154. The number of esters is 1. The minimum atomic E-state index is -1.23. The molecule has 0 spiro atoms. The highest BCUT2D eigenvalue weighted by Gasteiger charge is 2.42. The zero-order valence-corrected chi connectivity index (χ0v) is 22.2. The normalized spacial score (nSPS) is 30.1. The molecular weight excluding hydrogens is 450 g/mol. The Bertz CT molecular complexity index is 958. The molecule has 0 amide bonds. The number of hydrogen-bond acceptors (Lipinski definition) is 7. The minimum Gasteiger partial charge on any atom is -0.457 e. The lowest BCUT2D eigenvalue weighted by atomic mass is 9.73. The van der Waals surface area contributed by atoms with Crippen molar-refractivity contribution >= 4 is 29.2 Å². The maximum absolute atomic E-state index is 13.1. The van der Waals surface area contributed by atoms with Crippen molar-refractivity contribution in [2.45, 2.75) is 86.0 Å². The van der Waals surface area contributed by atoms with Crippen molar-refractivity contribution < 1.29 is 24.5 Å². The van der Waals surface area contributed by atoms with Gasteiger partial charge in [0.15, 0.2) is 0 Å². The summed E-state index contributed by atoms with van der Waals surface area (Å²) in [4.78, 5) is 30.4. The van der Waals surface area contributed by atoms with Crippen molar-refractivity contribution in [2.24, 2.45) is 17.3 Å². The molecule has 0 saturated carbocycles. The molecule has 0 aromatic carbocycles. The molecule has 5 atom stereocenters. The van der Waals surface area contributed by atoms with Gasteiger partial charge in [-0.3, -0.25) is 9.59 Å². The van der Waals surface area contributed by atoms with E-state index in [-0.39, 0.29) is 18.1 Å². The first-order chi connectivity index (χ1) is 15.8. The van der Waals surface area contributed by atoms with Crippen LogP contribution in [0.4, 0.5) is 0 Å². The molecule has 2 heterocycles. The summed E-state index contributed by atoms with van der Waals surface area (Å²) in [7, 11) is 0. The Morgan fingerprint density at radius 3 is 2.50 bits per heavy atom. The summed E-state index contributed by atoms with van der Waals surface area (Å²) >= 11 is 1.55. The van der Waals surface area contributed by atoms with Crippen LogP contribution in [0.5, 0.6) is 0 Å².